The van der Waals surface area contributed by atoms with Crippen LogP contribution in [0, 0.1) is 0 Å². The van der Waals surface area contributed by atoms with Gasteiger partial charge in [0.05, 0.1) is 49.7 Å². The molecule has 332 valence electrons. The van der Waals surface area contributed by atoms with Gasteiger partial charge in [-0.2, -0.15) is 0 Å². The standard InChI is InChI=1S/C66H53N3/c1-64(2,3)40-21-23-54-44(29-40)48-30-41(65(4,5)6)31-49-45-34-46-50-32-42(66(7,8)9)33-52-60-56(69(63(50)52)58(46)35-57(45)68(54)61(48)49)25-24-55-59(60)51-28-39(37-18-14-11-15-19-37)27-47-43-26-38(36-16-12-10-13-17-36)20-22-53(43)67(55)62(47)51/h10-35H,1-9H3. The highest BCUT2D eigenvalue weighted by molar-refractivity contribution is 6.37. The van der Waals surface area contributed by atoms with E-state index in [0.717, 1.165) is 0 Å². The summed E-state index contributed by atoms with van der Waals surface area (Å²) in [6.07, 6.45) is 0. The molecule has 0 N–H and O–H groups in total. The van der Waals surface area contributed by atoms with Gasteiger partial charge in [-0.05, 0) is 140 Å². The van der Waals surface area contributed by atoms with Gasteiger partial charge in [-0.1, -0.05) is 135 Å². The number of hydrogen-bond donors (Lipinski definition) is 0. The molecule has 6 aromatic heterocycles. The smallest absolute Gasteiger partial charge is 0.0621 e. The quantitative estimate of drug-likeness (QED) is 0.164. The molecule has 0 amide bonds. The van der Waals surface area contributed by atoms with Crippen molar-refractivity contribution in [1.82, 2.24) is 13.2 Å². The minimum atomic E-state index is -0.0641. The molecule has 0 aliphatic rings. The molecule has 0 saturated heterocycles. The molecule has 0 aliphatic carbocycles. The maximum absolute atomic E-state index is 2.63. The fraction of sp³-hybridized carbons (Fsp3) is 0.182. The van der Waals surface area contributed by atoms with Crippen LogP contribution >= 0.6 is 0 Å². The first-order chi connectivity index (χ1) is 33.1. The molecular weight excluding hydrogens is 835 g/mol. The molecule has 0 fully saturated rings. The third-order valence-electron chi connectivity index (χ3n) is 16.2. The van der Waals surface area contributed by atoms with E-state index in [1.165, 1.54) is 153 Å². The van der Waals surface area contributed by atoms with E-state index in [1.807, 2.05) is 0 Å². The Hall–Kier alpha value is -7.62. The van der Waals surface area contributed by atoms with E-state index in [0.29, 0.717) is 0 Å². The lowest BCUT2D eigenvalue weighted by Gasteiger charge is -2.20. The first-order valence-corrected chi connectivity index (χ1v) is 24.8. The molecule has 0 aliphatic heterocycles. The second-order valence-electron chi connectivity index (χ2n) is 23.5. The van der Waals surface area contributed by atoms with Crippen LogP contribution in [-0.2, 0) is 16.2 Å². The molecule has 0 radical (unpaired) electrons. The summed E-state index contributed by atoms with van der Waals surface area (Å²) < 4.78 is 7.79. The third kappa shape index (κ3) is 5.07. The summed E-state index contributed by atoms with van der Waals surface area (Å²) in [5.41, 5.74) is 20.6. The summed E-state index contributed by atoms with van der Waals surface area (Å²) in [5.74, 6) is 0. The van der Waals surface area contributed by atoms with Crippen molar-refractivity contribution in [3.8, 4) is 22.3 Å². The van der Waals surface area contributed by atoms with Crippen LogP contribution in [-0.4, -0.2) is 13.2 Å². The maximum atomic E-state index is 2.63. The molecule has 9 aromatic carbocycles. The van der Waals surface area contributed by atoms with Crippen molar-refractivity contribution in [2.24, 2.45) is 0 Å². The van der Waals surface area contributed by atoms with Crippen LogP contribution in [0.3, 0.4) is 0 Å². The summed E-state index contributed by atoms with van der Waals surface area (Å²) in [6, 6.07) is 61.0. The predicted molar refractivity (Wildman–Crippen MR) is 297 cm³/mol. The van der Waals surface area contributed by atoms with Gasteiger partial charge in [-0.3, -0.25) is 0 Å². The molecule has 0 atom stereocenters. The average Bonchev–Trinajstić information content (AvgIpc) is 4.17. The van der Waals surface area contributed by atoms with E-state index < -0.39 is 0 Å². The number of rotatable bonds is 2. The van der Waals surface area contributed by atoms with Crippen molar-refractivity contribution in [2.45, 2.75) is 78.6 Å². The fourth-order valence-corrected chi connectivity index (χ4v) is 12.7. The SMILES string of the molecule is CC(C)(C)c1ccc2c(c1)c1cc(C(C)(C)C)cc3c4cc5c6cc(C(C)(C)C)cc7c8c9c%10cc(-c%11ccccc%11)cc%11c%12cc(-c%13ccccc%13)ccc%12n(c9ccc8n(c5cc4n2c13)c67)c%11%10. The van der Waals surface area contributed by atoms with E-state index in [9.17, 15) is 0 Å². The predicted octanol–water partition coefficient (Wildman–Crippen LogP) is 18.4. The minimum Gasteiger partial charge on any atom is -0.308 e. The second-order valence-corrected chi connectivity index (χ2v) is 23.5. The van der Waals surface area contributed by atoms with Crippen LogP contribution in [0.15, 0.2) is 158 Å². The molecule has 3 heteroatoms. The Bertz CT molecular complexity index is 4670. The lowest BCUT2D eigenvalue weighted by molar-refractivity contribution is 0.590. The Kier molecular flexibility index (Phi) is 7.26. The molecule has 6 heterocycles. The number of fused-ring (bicyclic) bond motifs is 19. The van der Waals surface area contributed by atoms with Crippen LogP contribution < -0.4 is 0 Å². The van der Waals surface area contributed by atoms with Gasteiger partial charge in [-0.25, -0.2) is 0 Å². The van der Waals surface area contributed by atoms with Gasteiger partial charge in [0.25, 0.3) is 0 Å². The number of hydrogen-bond acceptors (Lipinski definition) is 0. The van der Waals surface area contributed by atoms with Gasteiger partial charge in [-0.15, -0.1) is 0 Å². The van der Waals surface area contributed by atoms with Crippen molar-refractivity contribution in [1.29, 1.82) is 0 Å². The Morgan fingerprint density at radius 3 is 1.16 bits per heavy atom. The van der Waals surface area contributed by atoms with Crippen LogP contribution in [0.4, 0.5) is 0 Å². The van der Waals surface area contributed by atoms with Crippen molar-refractivity contribution in [3.05, 3.63) is 174 Å². The molecule has 3 nitrogen and oxygen atoms in total. The lowest BCUT2D eigenvalue weighted by atomic mass is 9.84. The van der Waals surface area contributed by atoms with Crippen LogP contribution in [0.25, 0.3) is 137 Å². The van der Waals surface area contributed by atoms with Crippen molar-refractivity contribution < 1.29 is 0 Å². The second kappa shape index (κ2) is 12.7. The number of benzene rings is 9. The maximum Gasteiger partial charge on any atom is 0.0621 e. The largest absolute Gasteiger partial charge is 0.308 e. The zero-order valence-corrected chi connectivity index (χ0v) is 40.9. The van der Waals surface area contributed by atoms with Crippen LogP contribution in [0.1, 0.15) is 79.0 Å². The monoisotopic (exact) mass is 887 g/mol. The van der Waals surface area contributed by atoms with Gasteiger partial charge in [0.15, 0.2) is 0 Å². The van der Waals surface area contributed by atoms with E-state index in [2.05, 4.69) is 233 Å². The van der Waals surface area contributed by atoms with E-state index >= 15 is 0 Å². The Labute approximate surface area is 400 Å². The Balaban J connectivity index is 1.12. The first-order valence-electron chi connectivity index (χ1n) is 24.8. The molecule has 0 spiro atoms. The Morgan fingerprint density at radius 2 is 0.609 bits per heavy atom. The topological polar surface area (TPSA) is 13.2 Å². The van der Waals surface area contributed by atoms with Crippen LogP contribution in [0.2, 0.25) is 0 Å². The van der Waals surface area contributed by atoms with E-state index in [1.54, 1.807) is 0 Å². The zero-order valence-electron chi connectivity index (χ0n) is 40.9. The van der Waals surface area contributed by atoms with Crippen molar-refractivity contribution >= 4 is 114 Å². The summed E-state index contributed by atoms with van der Waals surface area (Å²) >= 11 is 0. The van der Waals surface area contributed by atoms with Gasteiger partial charge in [0, 0.05) is 64.6 Å². The number of nitrogens with zero attached hydrogens (tertiary/aromatic N) is 3. The summed E-state index contributed by atoms with van der Waals surface area (Å²) in [6.45, 7) is 21.2. The fourth-order valence-electron chi connectivity index (χ4n) is 12.7. The highest BCUT2D eigenvalue weighted by atomic mass is 15.0. The van der Waals surface area contributed by atoms with Crippen molar-refractivity contribution in [3.63, 3.8) is 0 Å². The lowest BCUT2D eigenvalue weighted by Crippen LogP contribution is -2.11. The zero-order chi connectivity index (χ0) is 46.8. The minimum absolute atomic E-state index is 0.00454. The molecule has 0 bridgehead atoms. The molecule has 0 saturated carbocycles. The van der Waals surface area contributed by atoms with Gasteiger partial charge in [0.1, 0.15) is 0 Å². The normalized spacial score (nSPS) is 13.6. The van der Waals surface area contributed by atoms with Crippen molar-refractivity contribution in [2.75, 3.05) is 0 Å². The molecule has 15 aromatic rings. The summed E-state index contributed by atoms with van der Waals surface area (Å²) in [7, 11) is 0. The van der Waals surface area contributed by atoms with Gasteiger partial charge in [0.2, 0.25) is 0 Å². The summed E-state index contributed by atoms with van der Waals surface area (Å²) in [5, 5.41) is 15.9. The third-order valence-corrected chi connectivity index (χ3v) is 16.2. The average molecular weight is 888 g/mol. The molecule has 69 heavy (non-hydrogen) atoms. The highest BCUT2D eigenvalue weighted by Crippen LogP contribution is 2.51. The van der Waals surface area contributed by atoms with Gasteiger partial charge >= 0.3 is 0 Å². The molecular formula is C66H53N3. The van der Waals surface area contributed by atoms with E-state index in [4.69, 9.17) is 0 Å². The van der Waals surface area contributed by atoms with Crippen LogP contribution in [0.5, 0.6) is 0 Å². The number of aromatic nitrogens is 3. The highest BCUT2D eigenvalue weighted by Gasteiger charge is 2.30. The Morgan fingerprint density at radius 1 is 0.246 bits per heavy atom. The van der Waals surface area contributed by atoms with Gasteiger partial charge < -0.3 is 13.2 Å². The summed E-state index contributed by atoms with van der Waals surface area (Å²) in [4.78, 5) is 0. The first kappa shape index (κ1) is 39.4. The molecule has 0 unspecified atom stereocenters. The van der Waals surface area contributed by atoms with E-state index in [-0.39, 0.29) is 16.2 Å². The molecule has 15 rings (SSSR count).